The minimum Gasteiger partial charge on any atom is -0.371 e. The summed E-state index contributed by atoms with van der Waals surface area (Å²) in [5, 5.41) is 0.795. The van der Waals surface area contributed by atoms with E-state index < -0.39 is 0 Å². The van der Waals surface area contributed by atoms with Gasteiger partial charge in [-0.1, -0.05) is 34.5 Å². The number of anilines is 1. The highest BCUT2D eigenvalue weighted by Crippen LogP contribution is 2.29. The average Bonchev–Trinajstić information content (AvgIpc) is 1.96. The zero-order valence-corrected chi connectivity index (χ0v) is 9.77. The average molecular weight is 261 g/mol. The first-order valence-corrected chi connectivity index (χ1v) is 5.53. The van der Waals surface area contributed by atoms with Crippen LogP contribution in [0.15, 0.2) is 22.7 Å². The molecule has 0 aromatic heterocycles. The highest BCUT2D eigenvalue weighted by atomic mass is 79.9. The summed E-state index contributed by atoms with van der Waals surface area (Å²) >= 11 is 9.39. The fourth-order valence-electron chi connectivity index (χ4n) is 1.63. The summed E-state index contributed by atoms with van der Waals surface area (Å²) in [5.74, 6) is 0.817. The molecule has 0 aliphatic carbocycles. The SMILES string of the molecule is CC1CN(c2cc(Cl)cc(Br)c2)C1. The monoisotopic (exact) mass is 259 g/mol. The number of hydrogen-bond acceptors (Lipinski definition) is 1. The number of hydrogen-bond donors (Lipinski definition) is 0. The molecule has 3 heteroatoms. The van der Waals surface area contributed by atoms with E-state index in [4.69, 9.17) is 11.6 Å². The van der Waals surface area contributed by atoms with Crippen molar-refractivity contribution in [2.75, 3.05) is 18.0 Å². The topological polar surface area (TPSA) is 3.24 Å². The normalized spacial score (nSPS) is 17.3. The number of nitrogens with zero attached hydrogens (tertiary/aromatic N) is 1. The Labute approximate surface area is 91.8 Å². The van der Waals surface area contributed by atoms with Crippen molar-refractivity contribution in [3.8, 4) is 0 Å². The van der Waals surface area contributed by atoms with E-state index in [0.717, 1.165) is 28.5 Å². The van der Waals surface area contributed by atoms with Gasteiger partial charge in [-0.15, -0.1) is 0 Å². The Morgan fingerprint density at radius 2 is 2.08 bits per heavy atom. The third-order valence-corrected chi connectivity index (χ3v) is 2.95. The van der Waals surface area contributed by atoms with Crippen molar-refractivity contribution in [1.82, 2.24) is 0 Å². The lowest BCUT2D eigenvalue weighted by atomic mass is 10.0. The van der Waals surface area contributed by atoms with E-state index >= 15 is 0 Å². The van der Waals surface area contributed by atoms with Crippen LogP contribution in [0.2, 0.25) is 5.02 Å². The van der Waals surface area contributed by atoms with E-state index in [2.05, 4.69) is 33.8 Å². The predicted octanol–water partition coefficient (Wildman–Crippen LogP) is 3.56. The second-order valence-corrected chi connectivity index (χ2v) is 4.99. The van der Waals surface area contributed by atoms with E-state index in [0.29, 0.717) is 0 Å². The molecule has 70 valence electrons. The summed E-state index contributed by atoms with van der Waals surface area (Å²) in [6.45, 7) is 4.55. The molecule has 1 aliphatic rings. The van der Waals surface area contributed by atoms with Crippen LogP contribution in [0.1, 0.15) is 6.92 Å². The summed E-state index contributed by atoms with van der Waals surface area (Å²) in [6, 6.07) is 6.03. The lowest BCUT2D eigenvalue weighted by Gasteiger charge is -2.39. The van der Waals surface area contributed by atoms with E-state index in [1.54, 1.807) is 0 Å². The van der Waals surface area contributed by atoms with Crippen LogP contribution in [0.5, 0.6) is 0 Å². The third kappa shape index (κ3) is 2.00. The van der Waals surface area contributed by atoms with Gasteiger partial charge in [0.05, 0.1) is 0 Å². The van der Waals surface area contributed by atoms with Crippen molar-refractivity contribution >= 4 is 33.2 Å². The van der Waals surface area contributed by atoms with Crippen LogP contribution in [0.3, 0.4) is 0 Å². The first-order chi connectivity index (χ1) is 6.15. The Morgan fingerprint density at radius 3 is 2.62 bits per heavy atom. The molecule has 1 aliphatic heterocycles. The first kappa shape index (κ1) is 9.35. The lowest BCUT2D eigenvalue weighted by molar-refractivity contribution is 0.447. The minimum atomic E-state index is 0.795. The maximum atomic E-state index is 5.95. The third-order valence-electron chi connectivity index (χ3n) is 2.28. The van der Waals surface area contributed by atoms with Gasteiger partial charge in [-0.3, -0.25) is 0 Å². The smallest absolute Gasteiger partial charge is 0.0437 e. The second-order valence-electron chi connectivity index (χ2n) is 3.64. The molecule has 1 nitrogen and oxygen atoms in total. The van der Waals surface area contributed by atoms with Gasteiger partial charge < -0.3 is 4.90 Å². The number of rotatable bonds is 1. The van der Waals surface area contributed by atoms with Crippen molar-refractivity contribution in [1.29, 1.82) is 0 Å². The zero-order valence-electron chi connectivity index (χ0n) is 7.43. The van der Waals surface area contributed by atoms with Crippen LogP contribution < -0.4 is 4.90 Å². The molecule has 1 heterocycles. The number of benzene rings is 1. The maximum absolute atomic E-state index is 5.95. The molecule has 0 spiro atoms. The first-order valence-electron chi connectivity index (χ1n) is 4.36. The Bertz CT molecular complexity index is 300. The second kappa shape index (κ2) is 3.50. The molecule has 1 saturated heterocycles. The summed E-state index contributed by atoms with van der Waals surface area (Å²) < 4.78 is 1.05. The highest BCUT2D eigenvalue weighted by molar-refractivity contribution is 9.10. The summed E-state index contributed by atoms with van der Waals surface area (Å²) in [5.41, 5.74) is 1.22. The van der Waals surface area contributed by atoms with Crippen LogP contribution in [0.25, 0.3) is 0 Å². The van der Waals surface area contributed by atoms with Crippen LogP contribution in [0, 0.1) is 5.92 Å². The van der Waals surface area contributed by atoms with Gasteiger partial charge in [-0.2, -0.15) is 0 Å². The highest BCUT2D eigenvalue weighted by Gasteiger charge is 2.22. The molecule has 2 rings (SSSR count). The largest absolute Gasteiger partial charge is 0.371 e. The molecule has 1 aromatic rings. The van der Waals surface area contributed by atoms with Gasteiger partial charge in [0.25, 0.3) is 0 Å². The van der Waals surface area contributed by atoms with Gasteiger partial charge in [0.15, 0.2) is 0 Å². The van der Waals surface area contributed by atoms with E-state index in [-0.39, 0.29) is 0 Å². The minimum absolute atomic E-state index is 0.795. The standard InChI is InChI=1S/C10H11BrClN/c1-7-5-13(6-7)10-3-8(11)2-9(12)4-10/h2-4,7H,5-6H2,1H3. The fraction of sp³-hybridized carbons (Fsp3) is 0.400. The summed E-state index contributed by atoms with van der Waals surface area (Å²) in [4.78, 5) is 2.33. The molecule has 0 atom stereocenters. The molecule has 1 fully saturated rings. The Balaban J connectivity index is 2.21. The van der Waals surface area contributed by atoms with Gasteiger partial charge in [0, 0.05) is 28.3 Å². The van der Waals surface area contributed by atoms with Gasteiger partial charge in [0.1, 0.15) is 0 Å². The number of halogens is 2. The van der Waals surface area contributed by atoms with Gasteiger partial charge in [0.2, 0.25) is 0 Å². The Morgan fingerprint density at radius 1 is 1.38 bits per heavy atom. The van der Waals surface area contributed by atoms with Crippen LogP contribution in [-0.2, 0) is 0 Å². The van der Waals surface area contributed by atoms with Crippen molar-refractivity contribution in [2.24, 2.45) is 5.92 Å². The summed E-state index contributed by atoms with van der Waals surface area (Å²) in [6.07, 6.45) is 0. The van der Waals surface area contributed by atoms with Crippen LogP contribution in [-0.4, -0.2) is 13.1 Å². The van der Waals surface area contributed by atoms with E-state index in [1.807, 2.05) is 12.1 Å². The Kier molecular flexibility index (Phi) is 2.52. The molecule has 1 aromatic carbocycles. The molecule has 13 heavy (non-hydrogen) atoms. The molecule has 0 amide bonds. The van der Waals surface area contributed by atoms with Crippen molar-refractivity contribution in [2.45, 2.75) is 6.92 Å². The Hall–Kier alpha value is -0.210. The van der Waals surface area contributed by atoms with Crippen molar-refractivity contribution in [3.05, 3.63) is 27.7 Å². The molecule has 0 bridgehead atoms. The van der Waals surface area contributed by atoms with Gasteiger partial charge in [-0.25, -0.2) is 0 Å². The zero-order chi connectivity index (χ0) is 9.42. The molecule has 0 saturated carbocycles. The van der Waals surface area contributed by atoms with Crippen molar-refractivity contribution < 1.29 is 0 Å². The van der Waals surface area contributed by atoms with E-state index in [1.165, 1.54) is 5.69 Å². The molecule has 0 N–H and O–H groups in total. The molecular weight excluding hydrogens is 249 g/mol. The molecule has 0 radical (unpaired) electrons. The van der Waals surface area contributed by atoms with Gasteiger partial charge in [-0.05, 0) is 24.1 Å². The van der Waals surface area contributed by atoms with Crippen LogP contribution >= 0.6 is 27.5 Å². The predicted molar refractivity (Wildman–Crippen MR) is 60.5 cm³/mol. The fourth-order valence-corrected chi connectivity index (χ4v) is 2.47. The van der Waals surface area contributed by atoms with Gasteiger partial charge >= 0.3 is 0 Å². The van der Waals surface area contributed by atoms with Crippen molar-refractivity contribution in [3.63, 3.8) is 0 Å². The molecular formula is C10H11BrClN. The molecule has 0 unspecified atom stereocenters. The maximum Gasteiger partial charge on any atom is 0.0437 e. The quantitative estimate of drug-likeness (QED) is 0.746. The van der Waals surface area contributed by atoms with Crippen LogP contribution in [0.4, 0.5) is 5.69 Å². The lowest BCUT2D eigenvalue weighted by Crippen LogP contribution is -2.45. The van der Waals surface area contributed by atoms with E-state index in [9.17, 15) is 0 Å². The summed E-state index contributed by atoms with van der Waals surface area (Å²) in [7, 11) is 0.